The van der Waals surface area contributed by atoms with Gasteiger partial charge in [-0.1, -0.05) is 32.0 Å². The van der Waals surface area contributed by atoms with Gasteiger partial charge in [-0.2, -0.15) is 0 Å². The van der Waals surface area contributed by atoms with Gasteiger partial charge in [-0.05, 0) is 44.7 Å². The Kier molecular flexibility index (Phi) is 8.10. The number of amides is 2. The molecule has 0 bridgehead atoms. The topological polar surface area (TPSA) is 75.4 Å². The zero-order chi connectivity index (χ0) is 18.5. The normalized spacial score (nSPS) is 20.2. The standard InChI is InChI=1S/C20H31N3O2.ClH/c1-4-20(21,5-2)14-22-18(25)19(3)12-9-13-23(15-19)17(24)16-10-7-6-8-11-16;/h6-8,10-11H,4-5,9,12-15,21H2,1-3H3,(H,22,25);1H. The van der Waals surface area contributed by atoms with Crippen molar-refractivity contribution in [3.05, 3.63) is 35.9 Å². The number of nitrogens with two attached hydrogens (primary N) is 1. The second-order valence-electron chi connectivity index (χ2n) is 7.51. The smallest absolute Gasteiger partial charge is 0.253 e. The van der Waals surface area contributed by atoms with Crippen molar-refractivity contribution in [2.45, 2.75) is 52.0 Å². The fourth-order valence-electron chi connectivity index (χ4n) is 3.33. The molecular weight excluding hydrogens is 350 g/mol. The summed E-state index contributed by atoms with van der Waals surface area (Å²) in [5.74, 6) is -0.00982. The lowest BCUT2D eigenvalue weighted by atomic mass is 9.80. The fourth-order valence-corrected chi connectivity index (χ4v) is 3.33. The zero-order valence-corrected chi connectivity index (χ0v) is 16.9. The molecule has 1 aromatic rings. The first kappa shape index (κ1) is 22.5. The Hall–Kier alpha value is -1.59. The van der Waals surface area contributed by atoms with Crippen LogP contribution in [0, 0.1) is 5.41 Å². The lowest BCUT2D eigenvalue weighted by molar-refractivity contribution is -0.132. The third kappa shape index (κ3) is 5.21. The van der Waals surface area contributed by atoms with Crippen LogP contribution in [0.5, 0.6) is 0 Å². The van der Waals surface area contributed by atoms with Crippen LogP contribution in [0.4, 0.5) is 0 Å². The van der Waals surface area contributed by atoms with E-state index >= 15 is 0 Å². The molecule has 2 rings (SSSR count). The molecule has 0 radical (unpaired) electrons. The molecule has 1 aliphatic rings. The first-order chi connectivity index (χ1) is 11.8. The van der Waals surface area contributed by atoms with Gasteiger partial charge in [-0.25, -0.2) is 0 Å². The van der Waals surface area contributed by atoms with Crippen LogP contribution in [-0.4, -0.2) is 41.9 Å². The molecule has 0 aliphatic carbocycles. The van der Waals surface area contributed by atoms with Gasteiger partial charge in [0.15, 0.2) is 0 Å². The summed E-state index contributed by atoms with van der Waals surface area (Å²) in [5.41, 5.74) is 6.04. The number of hydrogen-bond acceptors (Lipinski definition) is 3. The second kappa shape index (κ2) is 9.38. The molecule has 2 amide bonds. The lowest BCUT2D eigenvalue weighted by Crippen LogP contribution is -2.56. The van der Waals surface area contributed by atoms with E-state index in [4.69, 9.17) is 5.73 Å². The minimum absolute atomic E-state index is 0. The predicted molar refractivity (Wildman–Crippen MR) is 107 cm³/mol. The number of rotatable bonds is 6. The largest absolute Gasteiger partial charge is 0.354 e. The molecule has 6 heteroatoms. The highest BCUT2D eigenvalue weighted by atomic mass is 35.5. The van der Waals surface area contributed by atoms with E-state index in [9.17, 15) is 9.59 Å². The molecule has 3 N–H and O–H groups in total. The number of benzene rings is 1. The molecule has 1 aliphatic heterocycles. The Morgan fingerprint density at radius 3 is 2.42 bits per heavy atom. The third-order valence-electron chi connectivity index (χ3n) is 5.56. The first-order valence-corrected chi connectivity index (χ1v) is 9.25. The molecule has 1 aromatic carbocycles. The molecule has 0 saturated carbocycles. The quantitative estimate of drug-likeness (QED) is 0.795. The van der Waals surface area contributed by atoms with Crippen LogP contribution in [0.25, 0.3) is 0 Å². The summed E-state index contributed by atoms with van der Waals surface area (Å²) in [5, 5.41) is 3.03. The highest BCUT2D eigenvalue weighted by molar-refractivity contribution is 5.95. The molecule has 1 fully saturated rings. The Bertz CT molecular complexity index is 604. The van der Waals surface area contributed by atoms with E-state index in [-0.39, 0.29) is 29.8 Å². The van der Waals surface area contributed by atoms with E-state index in [0.717, 1.165) is 25.7 Å². The van der Waals surface area contributed by atoms with Crippen LogP contribution in [0.2, 0.25) is 0 Å². The number of hydrogen-bond donors (Lipinski definition) is 2. The van der Waals surface area contributed by atoms with Gasteiger partial charge in [-0.15, -0.1) is 12.4 Å². The van der Waals surface area contributed by atoms with Crippen LogP contribution in [0.1, 0.15) is 56.8 Å². The summed E-state index contributed by atoms with van der Waals surface area (Å²) in [4.78, 5) is 27.3. The SMILES string of the molecule is CCC(N)(CC)CNC(=O)C1(C)CCCN(C(=O)c2ccccc2)C1.Cl. The van der Waals surface area contributed by atoms with Gasteiger partial charge in [0.2, 0.25) is 5.91 Å². The summed E-state index contributed by atoms with van der Waals surface area (Å²) in [6.45, 7) is 7.64. The van der Waals surface area contributed by atoms with Crippen LogP contribution in [0.15, 0.2) is 30.3 Å². The maximum Gasteiger partial charge on any atom is 0.253 e. The van der Waals surface area contributed by atoms with Crippen molar-refractivity contribution in [1.82, 2.24) is 10.2 Å². The molecule has 1 saturated heterocycles. The Morgan fingerprint density at radius 1 is 1.23 bits per heavy atom. The monoisotopic (exact) mass is 381 g/mol. The maximum absolute atomic E-state index is 12.8. The van der Waals surface area contributed by atoms with E-state index in [1.807, 2.05) is 51.1 Å². The van der Waals surface area contributed by atoms with Gasteiger partial charge in [0, 0.05) is 30.7 Å². The van der Waals surface area contributed by atoms with E-state index in [1.54, 1.807) is 4.90 Å². The number of carbonyl (C=O) groups excluding carboxylic acids is 2. The van der Waals surface area contributed by atoms with Gasteiger partial charge >= 0.3 is 0 Å². The van der Waals surface area contributed by atoms with Crippen LogP contribution < -0.4 is 11.1 Å². The van der Waals surface area contributed by atoms with Crippen molar-refractivity contribution in [2.75, 3.05) is 19.6 Å². The molecule has 5 nitrogen and oxygen atoms in total. The maximum atomic E-state index is 12.8. The van der Waals surface area contributed by atoms with Crippen molar-refractivity contribution in [3.8, 4) is 0 Å². The summed E-state index contributed by atoms with van der Waals surface area (Å²) >= 11 is 0. The number of carbonyl (C=O) groups is 2. The molecule has 1 unspecified atom stereocenters. The van der Waals surface area contributed by atoms with Gasteiger partial charge in [0.05, 0.1) is 5.41 Å². The second-order valence-corrected chi connectivity index (χ2v) is 7.51. The molecule has 1 heterocycles. The van der Waals surface area contributed by atoms with E-state index < -0.39 is 5.41 Å². The summed E-state index contributed by atoms with van der Waals surface area (Å²) in [7, 11) is 0. The van der Waals surface area contributed by atoms with E-state index in [0.29, 0.717) is 25.2 Å². The van der Waals surface area contributed by atoms with Gasteiger partial charge in [0.1, 0.15) is 0 Å². The van der Waals surface area contributed by atoms with Crippen molar-refractivity contribution in [1.29, 1.82) is 0 Å². The van der Waals surface area contributed by atoms with Crippen LogP contribution >= 0.6 is 12.4 Å². The summed E-state index contributed by atoms with van der Waals surface area (Å²) < 4.78 is 0. The van der Waals surface area contributed by atoms with Crippen molar-refractivity contribution >= 4 is 24.2 Å². The van der Waals surface area contributed by atoms with Gasteiger partial charge < -0.3 is 16.0 Å². The summed E-state index contributed by atoms with van der Waals surface area (Å²) in [6, 6.07) is 9.25. The van der Waals surface area contributed by atoms with E-state index in [2.05, 4.69) is 5.32 Å². The lowest BCUT2D eigenvalue weighted by Gasteiger charge is -2.40. The van der Waals surface area contributed by atoms with Crippen LogP contribution in [0.3, 0.4) is 0 Å². The van der Waals surface area contributed by atoms with Gasteiger partial charge in [0.25, 0.3) is 5.91 Å². The summed E-state index contributed by atoms with van der Waals surface area (Å²) in [6.07, 6.45) is 3.25. The highest BCUT2D eigenvalue weighted by Gasteiger charge is 2.40. The predicted octanol–water partition coefficient (Wildman–Crippen LogP) is 2.98. The molecule has 0 aromatic heterocycles. The minimum atomic E-state index is -0.564. The van der Waals surface area contributed by atoms with Crippen LogP contribution in [-0.2, 0) is 4.79 Å². The Morgan fingerprint density at radius 2 is 1.85 bits per heavy atom. The molecule has 1 atom stereocenters. The van der Waals surface area contributed by atoms with Crippen molar-refractivity contribution in [2.24, 2.45) is 11.1 Å². The number of nitrogens with one attached hydrogen (secondary N) is 1. The van der Waals surface area contributed by atoms with Crippen molar-refractivity contribution in [3.63, 3.8) is 0 Å². The minimum Gasteiger partial charge on any atom is -0.354 e. The molecular formula is C20H32ClN3O2. The average molecular weight is 382 g/mol. The Labute approximate surface area is 163 Å². The highest BCUT2D eigenvalue weighted by Crippen LogP contribution is 2.30. The average Bonchev–Trinajstić information content (AvgIpc) is 2.66. The fraction of sp³-hybridized carbons (Fsp3) is 0.600. The number of piperidine rings is 1. The van der Waals surface area contributed by atoms with Gasteiger partial charge in [-0.3, -0.25) is 9.59 Å². The Balaban J connectivity index is 0.00000338. The zero-order valence-electron chi connectivity index (χ0n) is 16.1. The molecule has 0 spiro atoms. The number of halogens is 1. The molecule has 146 valence electrons. The third-order valence-corrected chi connectivity index (χ3v) is 5.56. The number of nitrogens with zero attached hydrogens (tertiary/aromatic N) is 1. The first-order valence-electron chi connectivity index (χ1n) is 9.25. The van der Waals surface area contributed by atoms with Crippen molar-refractivity contribution < 1.29 is 9.59 Å². The van der Waals surface area contributed by atoms with E-state index in [1.165, 1.54) is 0 Å². The number of likely N-dealkylation sites (tertiary alicyclic amines) is 1. The molecule has 26 heavy (non-hydrogen) atoms.